The summed E-state index contributed by atoms with van der Waals surface area (Å²) in [6.07, 6.45) is 0.0602. The van der Waals surface area contributed by atoms with E-state index in [1.165, 1.54) is 0 Å². The predicted octanol–water partition coefficient (Wildman–Crippen LogP) is -0.438. The maximum Gasteiger partial charge on any atom is 0.482 e. The summed E-state index contributed by atoms with van der Waals surface area (Å²) in [5.41, 5.74) is -1.46. The maximum atomic E-state index is 9.03. The number of aliphatic hydroxyl groups is 4. The van der Waals surface area contributed by atoms with Crippen molar-refractivity contribution in [1.29, 1.82) is 0 Å². The van der Waals surface area contributed by atoms with Gasteiger partial charge in [-0.05, 0) is 41.5 Å². The molecular weight excluding hydrogens is 251 g/mol. The van der Waals surface area contributed by atoms with Crippen molar-refractivity contribution in [3.05, 3.63) is 0 Å². The van der Waals surface area contributed by atoms with Gasteiger partial charge >= 0.3 is 7.69 Å². The van der Waals surface area contributed by atoms with Crippen LogP contribution < -0.4 is 0 Å². The Morgan fingerprint density at radius 2 is 0.947 bits per heavy atom. The topological polar surface area (TPSA) is 121 Å². The van der Waals surface area contributed by atoms with Crippen molar-refractivity contribution in [2.24, 2.45) is 0 Å². The van der Waals surface area contributed by atoms with E-state index in [1.54, 1.807) is 41.5 Å². The molecule has 0 amide bonds. The highest BCUT2D eigenvalue weighted by Gasteiger charge is 2.15. The normalized spacial score (nSPS) is 14.3. The largest absolute Gasteiger partial charge is 0.482 e. The molecule has 7 heteroatoms. The molecule has 0 spiro atoms. The molecule has 0 aliphatic rings. The lowest BCUT2D eigenvalue weighted by Gasteiger charge is -2.18. The first-order valence-electron chi connectivity index (χ1n) is 6.16. The molecule has 0 heterocycles. The van der Waals surface area contributed by atoms with E-state index in [0.29, 0.717) is 12.8 Å². The highest BCUT2D eigenvalue weighted by molar-refractivity contribution is 6.13. The summed E-state index contributed by atoms with van der Waals surface area (Å²) in [4.78, 5) is 0. The molecule has 0 aliphatic heterocycles. The highest BCUT2D eigenvalue weighted by atomic mass is 16.4. The summed E-state index contributed by atoms with van der Waals surface area (Å²) in [5.74, 6) is 0. The Balaban J connectivity index is -0.000000224. The molecule has 0 aliphatic carbocycles. The van der Waals surface area contributed by atoms with E-state index >= 15 is 0 Å². The molecule has 0 aromatic rings. The van der Waals surface area contributed by atoms with Gasteiger partial charge in [-0.2, -0.15) is 0 Å². The van der Waals surface area contributed by atoms with E-state index in [2.05, 4.69) is 0 Å². The van der Waals surface area contributed by atoms with Crippen molar-refractivity contribution in [3.8, 4) is 0 Å². The molecule has 0 bridgehead atoms. The van der Waals surface area contributed by atoms with Crippen LogP contribution in [0.3, 0.4) is 0 Å². The first kappa shape index (κ1) is 23.9. The molecule has 6 nitrogen and oxygen atoms in total. The van der Waals surface area contributed by atoms with Gasteiger partial charge in [-0.25, -0.2) is 0 Å². The second-order valence-corrected chi connectivity index (χ2v) is 5.85. The average molecular weight is 281 g/mol. The van der Waals surface area contributed by atoms with Crippen LogP contribution in [0.4, 0.5) is 0 Å². The molecule has 0 saturated carbocycles. The summed E-state index contributed by atoms with van der Waals surface area (Å²) in [5, 5.41) is 49.5. The molecule has 117 valence electrons. The van der Waals surface area contributed by atoms with Gasteiger partial charge in [0.1, 0.15) is 0 Å². The van der Waals surface area contributed by atoms with Crippen molar-refractivity contribution in [2.45, 2.75) is 77.8 Å². The second-order valence-electron chi connectivity index (χ2n) is 5.85. The van der Waals surface area contributed by atoms with E-state index < -0.39 is 23.4 Å². The molecule has 2 unspecified atom stereocenters. The zero-order chi connectivity index (χ0) is 16.3. The first-order valence-corrected chi connectivity index (χ1v) is 6.16. The minimum Gasteiger partial charge on any atom is -0.429 e. The third-order valence-corrected chi connectivity index (χ3v) is 1.59. The van der Waals surface area contributed by atoms with Gasteiger partial charge in [0.25, 0.3) is 0 Å². The minimum atomic E-state index is -0.728. The quantitative estimate of drug-likeness (QED) is 0.389. The smallest absolute Gasteiger partial charge is 0.429 e. The van der Waals surface area contributed by atoms with Gasteiger partial charge in [-0.15, -0.1) is 0 Å². The van der Waals surface area contributed by atoms with Crippen LogP contribution in [0.2, 0.25) is 0 Å². The Bertz CT molecular complexity index is 164. The zero-order valence-corrected chi connectivity index (χ0v) is 12.8. The Hall–Kier alpha value is -0.175. The lowest BCUT2D eigenvalue weighted by molar-refractivity contribution is 0.0238. The summed E-state index contributed by atoms with van der Waals surface area (Å²) in [6, 6.07) is 0. The third-order valence-electron chi connectivity index (χ3n) is 1.59. The van der Waals surface area contributed by atoms with Gasteiger partial charge < -0.3 is 30.5 Å². The van der Waals surface area contributed by atoms with E-state index in [4.69, 9.17) is 30.5 Å². The van der Waals surface area contributed by atoms with Crippen molar-refractivity contribution in [2.75, 3.05) is 0 Å². The van der Waals surface area contributed by atoms with Crippen molar-refractivity contribution in [3.63, 3.8) is 0 Å². The fourth-order valence-electron chi connectivity index (χ4n) is 1.45. The van der Waals surface area contributed by atoms with Crippen molar-refractivity contribution in [1.82, 2.24) is 0 Å². The molecule has 2 atom stereocenters. The van der Waals surface area contributed by atoms with Crippen molar-refractivity contribution < 1.29 is 30.5 Å². The lowest BCUT2D eigenvalue weighted by atomic mass is 10.0. The molecule has 19 heavy (non-hydrogen) atoms. The Kier molecular flexibility index (Phi) is 14.6. The summed E-state index contributed by atoms with van der Waals surface area (Å²) in [6.45, 7) is 10.1. The first-order chi connectivity index (χ1) is 8.25. The molecule has 6 N–H and O–H groups in total. The Morgan fingerprint density at radius 3 is 0.947 bits per heavy atom. The van der Waals surface area contributed by atoms with Crippen LogP contribution in [0.1, 0.15) is 54.4 Å². The number of rotatable bonds is 4. The van der Waals surface area contributed by atoms with Crippen LogP contribution in [-0.2, 0) is 0 Å². The van der Waals surface area contributed by atoms with Gasteiger partial charge in [0.15, 0.2) is 0 Å². The fourth-order valence-corrected chi connectivity index (χ4v) is 1.45. The SMILES string of the molecule is CC(O)CC(C)(C)O.CC(O)CC(C)(C)O.O[B]O. The number of hydrogen-bond acceptors (Lipinski definition) is 6. The van der Waals surface area contributed by atoms with E-state index in [-0.39, 0.29) is 7.69 Å². The van der Waals surface area contributed by atoms with E-state index in [9.17, 15) is 0 Å². The standard InChI is InChI=1S/2C6H14O2.BH2O2/c2*1-5(7)4-6(2,3)8;2-1-3/h2*5,7-8H,4H2,1-3H3;2-3H. The molecule has 0 fully saturated rings. The molecule has 0 aromatic carbocycles. The zero-order valence-electron chi connectivity index (χ0n) is 12.8. The van der Waals surface area contributed by atoms with Gasteiger partial charge in [-0.1, -0.05) is 0 Å². The molecule has 1 radical (unpaired) electrons. The predicted molar refractivity (Wildman–Crippen MR) is 75.4 cm³/mol. The molecule has 0 rings (SSSR count). The summed E-state index contributed by atoms with van der Waals surface area (Å²) >= 11 is 0. The second kappa shape index (κ2) is 11.6. The molecule has 0 aromatic heterocycles. The highest BCUT2D eigenvalue weighted by Crippen LogP contribution is 2.09. The van der Waals surface area contributed by atoms with Gasteiger partial charge in [-0.3, -0.25) is 0 Å². The van der Waals surface area contributed by atoms with Crippen LogP contribution in [0.25, 0.3) is 0 Å². The van der Waals surface area contributed by atoms with Crippen LogP contribution in [0.15, 0.2) is 0 Å². The summed E-state index contributed by atoms with van der Waals surface area (Å²) in [7, 11) is 0. The van der Waals surface area contributed by atoms with Gasteiger partial charge in [0.2, 0.25) is 0 Å². The molecular formula is C12H30BO6. The van der Waals surface area contributed by atoms with Crippen LogP contribution in [-0.4, -0.2) is 61.6 Å². The average Bonchev–Trinajstić information content (AvgIpc) is 1.94. The monoisotopic (exact) mass is 281 g/mol. The van der Waals surface area contributed by atoms with Crippen LogP contribution in [0, 0.1) is 0 Å². The Labute approximate surface area is 117 Å². The number of aliphatic hydroxyl groups excluding tert-OH is 2. The lowest BCUT2D eigenvalue weighted by Crippen LogP contribution is -2.24. The fraction of sp³-hybridized carbons (Fsp3) is 1.00. The maximum absolute atomic E-state index is 9.03. The van der Waals surface area contributed by atoms with Crippen LogP contribution >= 0.6 is 0 Å². The van der Waals surface area contributed by atoms with Crippen LogP contribution in [0.5, 0.6) is 0 Å². The van der Waals surface area contributed by atoms with Gasteiger partial charge in [0, 0.05) is 12.8 Å². The van der Waals surface area contributed by atoms with Crippen molar-refractivity contribution >= 4 is 7.69 Å². The van der Waals surface area contributed by atoms with E-state index in [1.807, 2.05) is 0 Å². The number of hydrogen-bond donors (Lipinski definition) is 6. The van der Waals surface area contributed by atoms with Gasteiger partial charge in [0.05, 0.1) is 23.4 Å². The minimum absolute atomic E-state index is 0. The van der Waals surface area contributed by atoms with E-state index in [0.717, 1.165) is 0 Å². The Morgan fingerprint density at radius 1 is 0.789 bits per heavy atom. The third kappa shape index (κ3) is 46.2. The molecule has 0 saturated heterocycles. The summed E-state index contributed by atoms with van der Waals surface area (Å²) < 4.78 is 0.